The van der Waals surface area contributed by atoms with Crippen LogP contribution in [-0.2, 0) is 30.3 Å². The molecule has 0 atom stereocenters. The molecule has 3 aliphatic rings. The van der Waals surface area contributed by atoms with Gasteiger partial charge in [-0.2, -0.15) is 0 Å². The van der Waals surface area contributed by atoms with Gasteiger partial charge in [-0.3, -0.25) is 14.4 Å². The maximum absolute atomic E-state index is 13.0. The van der Waals surface area contributed by atoms with Gasteiger partial charge in [-0.05, 0) is 63.2 Å². The largest absolute Gasteiger partial charge is 0.489 e. The number of allylic oxidation sites excluding steroid dienone is 2. The molecule has 1 aliphatic carbocycles. The lowest BCUT2D eigenvalue weighted by atomic mass is 9.88. The SMILES string of the molecule is COC1=C(OC)C(=O)C(c2ccc(CCC(=O)N3CCC(N4CCCCC4)CC3)cc2)=C(C)C1=O. The van der Waals surface area contributed by atoms with Crippen LogP contribution in [0.4, 0.5) is 0 Å². The summed E-state index contributed by atoms with van der Waals surface area (Å²) < 4.78 is 10.3. The topological polar surface area (TPSA) is 76.2 Å². The first-order chi connectivity index (χ1) is 16.9. The highest BCUT2D eigenvalue weighted by molar-refractivity contribution is 6.38. The molecule has 188 valence electrons. The Morgan fingerprint density at radius 3 is 2.09 bits per heavy atom. The van der Waals surface area contributed by atoms with Gasteiger partial charge in [0.25, 0.3) is 0 Å². The van der Waals surface area contributed by atoms with Crippen LogP contribution in [0.25, 0.3) is 5.57 Å². The summed E-state index contributed by atoms with van der Waals surface area (Å²) in [7, 11) is 2.71. The number of nitrogens with zero attached hydrogens (tertiary/aromatic N) is 2. The summed E-state index contributed by atoms with van der Waals surface area (Å²) in [5.41, 5.74) is 2.34. The molecule has 7 heteroatoms. The molecule has 0 spiro atoms. The second kappa shape index (κ2) is 11.2. The maximum Gasteiger partial charge on any atom is 0.232 e. The molecular formula is C28H36N2O5. The van der Waals surface area contributed by atoms with Crippen LogP contribution in [0, 0.1) is 0 Å². The molecule has 2 saturated heterocycles. The van der Waals surface area contributed by atoms with Crippen LogP contribution >= 0.6 is 0 Å². The number of amides is 1. The fraction of sp³-hybridized carbons (Fsp3) is 0.536. The van der Waals surface area contributed by atoms with Crippen molar-refractivity contribution < 1.29 is 23.9 Å². The number of hydrogen-bond acceptors (Lipinski definition) is 6. The van der Waals surface area contributed by atoms with E-state index >= 15 is 0 Å². The van der Waals surface area contributed by atoms with Gasteiger partial charge in [-0.1, -0.05) is 30.7 Å². The fourth-order valence-electron chi connectivity index (χ4n) is 5.50. The van der Waals surface area contributed by atoms with Gasteiger partial charge in [-0.25, -0.2) is 0 Å². The fourth-order valence-corrected chi connectivity index (χ4v) is 5.50. The zero-order valence-corrected chi connectivity index (χ0v) is 21.1. The molecule has 0 saturated carbocycles. The predicted molar refractivity (Wildman–Crippen MR) is 133 cm³/mol. The smallest absolute Gasteiger partial charge is 0.232 e. The highest BCUT2D eigenvalue weighted by atomic mass is 16.5. The number of aryl methyl sites for hydroxylation is 1. The number of likely N-dealkylation sites (tertiary alicyclic amines) is 2. The first kappa shape index (κ1) is 25.2. The molecule has 1 amide bonds. The number of piperidine rings is 2. The van der Waals surface area contributed by atoms with Crippen molar-refractivity contribution in [3.8, 4) is 0 Å². The monoisotopic (exact) mass is 480 g/mol. The quantitative estimate of drug-likeness (QED) is 0.556. The summed E-state index contributed by atoms with van der Waals surface area (Å²) in [4.78, 5) is 43.0. The van der Waals surface area contributed by atoms with E-state index in [0.717, 1.165) is 31.5 Å². The lowest BCUT2D eigenvalue weighted by molar-refractivity contribution is -0.132. The van der Waals surface area contributed by atoms with E-state index < -0.39 is 0 Å². The van der Waals surface area contributed by atoms with Crippen LogP contribution < -0.4 is 0 Å². The average molecular weight is 481 g/mol. The molecule has 2 heterocycles. The molecule has 0 N–H and O–H groups in total. The van der Waals surface area contributed by atoms with Crippen molar-refractivity contribution in [2.75, 3.05) is 40.4 Å². The Labute approximate surface area is 207 Å². The minimum absolute atomic E-state index is 0.0613. The Bertz CT molecular complexity index is 1030. The number of ether oxygens (including phenoxy) is 2. The van der Waals surface area contributed by atoms with Gasteiger partial charge in [0.15, 0.2) is 0 Å². The van der Waals surface area contributed by atoms with Gasteiger partial charge < -0.3 is 19.3 Å². The molecule has 35 heavy (non-hydrogen) atoms. The first-order valence-corrected chi connectivity index (χ1v) is 12.7. The second-order valence-corrected chi connectivity index (χ2v) is 9.63. The van der Waals surface area contributed by atoms with E-state index in [4.69, 9.17) is 9.47 Å². The lowest BCUT2D eigenvalue weighted by Crippen LogP contribution is -2.48. The Morgan fingerprint density at radius 1 is 0.886 bits per heavy atom. The molecule has 1 aromatic carbocycles. The van der Waals surface area contributed by atoms with Crippen molar-refractivity contribution in [2.24, 2.45) is 0 Å². The Balaban J connectivity index is 1.33. The molecule has 0 bridgehead atoms. The average Bonchev–Trinajstić information content (AvgIpc) is 2.90. The third-order valence-corrected chi connectivity index (χ3v) is 7.56. The summed E-state index contributed by atoms with van der Waals surface area (Å²) in [6.07, 6.45) is 7.22. The minimum Gasteiger partial charge on any atom is -0.489 e. The normalized spacial score (nSPS) is 20.5. The molecule has 0 unspecified atom stereocenters. The predicted octanol–water partition coefficient (Wildman–Crippen LogP) is 3.53. The van der Waals surface area contributed by atoms with Crippen LogP contribution in [0.1, 0.15) is 56.6 Å². The van der Waals surface area contributed by atoms with Crippen LogP contribution in [0.3, 0.4) is 0 Å². The number of ketones is 2. The van der Waals surface area contributed by atoms with E-state index in [2.05, 4.69) is 4.90 Å². The highest BCUT2D eigenvalue weighted by Gasteiger charge is 2.35. The van der Waals surface area contributed by atoms with E-state index in [1.54, 1.807) is 6.92 Å². The Morgan fingerprint density at radius 2 is 1.49 bits per heavy atom. The molecule has 2 fully saturated rings. The van der Waals surface area contributed by atoms with Crippen molar-refractivity contribution in [1.29, 1.82) is 0 Å². The number of hydrogen-bond donors (Lipinski definition) is 0. The van der Waals surface area contributed by atoms with Crippen LogP contribution in [-0.4, -0.2) is 73.7 Å². The van der Waals surface area contributed by atoms with Crippen LogP contribution in [0.5, 0.6) is 0 Å². The van der Waals surface area contributed by atoms with Gasteiger partial charge in [0.2, 0.25) is 29.0 Å². The standard InChI is InChI=1S/C28H36N2O5/c1-19-24(26(33)28(35-3)27(34-2)25(19)32)21-10-7-20(8-11-21)9-12-23(31)30-17-13-22(14-18-30)29-15-5-4-6-16-29/h7-8,10-11,22H,4-6,9,12-18H2,1-3H3. The van der Waals surface area contributed by atoms with Gasteiger partial charge in [0.05, 0.1) is 14.2 Å². The zero-order chi connectivity index (χ0) is 24.9. The molecule has 0 radical (unpaired) electrons. The van der Waals surface area contributed by atoms with Gasteiger partial charge in [-0.15, -0.1) is 0 Å². The summed E-state index contributed by atoms with van der Waals surface area (Å²) in [5, 5.41) is 0. The Kier molecular flexibility index (Phi) is 8.06. The van der Waals surface area contributed by atoms with E-state index in [0.29, 0.717) is 35.6 Å². The van der Waals surface area contributed by atoms with Crippen molar-refractivity contribution in [1.82, 2.24) is 9.80 Å². The first-order valence-electron chi connectivity index (χ1n) is 12.7. The van der Waals surface area contributed by atoms with Gasteiger partial charge in [0, 0.05) is 36.7 Å². The van der Waals surface area contributed by atoms with E-state index in [-0.39, 0.29) is 29.0 Å². The zero-order valence-electron chi connectivity index (χ0n) is 21.1. The molecular weight excluding hydrogens is 444 g/mol. The number of Topliss-reactive ketones (excluding diaryl/α,β-unsaturated/α-hetero) is 2. The molecule has 0 aromatic heterocycles. The van der Waals surface area contributed by atoms with E-state index in [9.17, 15) is 14.4 Å². The van der Waals surface area contributed by atoms with Crippen molar-refractivity contribution in [3.63, 3.8) is 0 Å². The Hall–Kier alpha value is -2.93. The van der Waals surface area contributed by atoms with Gasteiger partial charge in [0.1, 0.15) is 0 Å². The van der Waals surface area contributed by atoms with E-state index in [1.807, 2.05) is 29.2 Å². The lowest BCUT2D eigenvalue weighted by Gasteiger charge is -2.40. The number of carbonyl (C=O) groups is 3. The molecule has 2 aliphatic heterocycles. The number of methoxy groups -OCH3 is 2. The molecule has 4 rings (SSSR count). The highest BCUT2D eigenvalue weighted by Crippen LogP contribution is 2.32. The van der Waals surface area contributed by atoms with Crippen molar-refractivity contribution in [2.45, 2.75) is 57.9 Å². The number of rotatable bonds is 7. The second-order valence-electron chi connectivity index (χ2n) is 9.63. The molecule has 7 nitrogen and oxygen atoms in total. The third kappa shape index (κ3) is 5.35. The number of benzene rings is 1. The van der Waals surface area contributed by atoms with Crippen molar-refractivity contribution in [3.05, 3.63) is 52.5 Å². The molecule has 1 aromatic rings. The summed E-state index contributed by atoms with van der Waals surface area (Å²) in [6, 6.07) is 8.14. The van der Waals surface area contributed by atoms with E-state index in [1.165, 1.54) is 46.6 Å². The summed E-state index contributed by atoms with van der Waals surface area (Å²) in [6.45, 7) is 5.74. The maximum atomic E-state index is 13.0. The van der Waals surface area contributed by atoms with Crippen LogP contribution in [0.2, 0.25) is 0 Å². The van der Waals surface area contributed by atoms with Gasteiger partial charge >= 0.3 is 0 Å². The number of carbonyl (C=O) groups excluding carboxylic acids is 3. The minimum atomic E-state index is -0.364. The van der Waals surface area contributed by atoms with Crippen LogP contribution in [0.15, 0.2) is 41.4 Å². The van der Waals surface area contributed by atoms with Crippen molar-refractivity contribution >= 4 is 23.0 Å². The third-order valence-electron chi connectivity index (χ3n) is 7.56. The summed E-state index contributed by atoms with van der Waals surface area (Å²) in [5.74, 6) is -0.638. The summed E-state index contributed by atoms with van der Waals surface area (Å²) >= 11 is 0.